The monoisotopic (exact) mass is 317 g/mol. The topological polar surface area (TPSA) is 56.2 Å². The number of amides is 1. The molecule has 1 aliphatic heterocycles. The van der Waals surface area contributed by atoms with Crippen molar-refractivity contribution in [2.45, 2.75) is 35.4 Å². The van der Waals surface area contributed by atoms with Crippen molar-refractivity contribution < 1.29 is 9.53 Å². The van der Waals surface area contributed by atoms with Crippen LogP contribution in [0.15, 0.2) is 46.7 Å². The first kappa shape index (κ1) is 15.1. The van der Waals surface area contributed by atoms with Gasteiger partial charge in [0, 0.05) is 30.9 Å². The van der Waals surface area contributed by atoms with Gasteiger partial charge in [0.2, 0.25) is 5.91 Å². The number of para-hydroxylation sites is 1. The highest BCUT2D eigenvalue weighted by Crippen LogP contribution is 2.32. The number of hydrogen-bond donors (Lipinski definition) is 1. The molecule has 5 nitrogen and oxygen atoms in total. The van der Waals surface area contributed by atoms with Gasteiger partial charge in [0.15, 0.2) is 5.16 Å². The van der Waals surface area contributed by atoms with Crippen LogP contribution in [0, 0.1) is 0 Å². The molecule has 1 N–H and O–H groups in total. The summed E-state index contributed by atoms with van der Waals surface area (Å²) in [4.78, 5) is 17.5. The zero-order chi connectivity index (χ0) is 15.4. The molecule has 0 spiro atoms. The van der Waals surface area contributed by atoms with E-state index in [4.69, 9.17) is 4.74 Å². The second-order valence-electron chi connectivity index (χ2n) is 5.31. The number of aryl methyl sites for hydroxylation is 1. The number of carbonyl (C=O) groups is 1. The summed E-state index contributed by atoms with van der Waals surface area (Å²) < 4.78 is 7.47. The quantitative estimate of drug-likeness (QED) is 0.921. The molecule has 116 valence electrons. The second-order valence-corrected chi connectivity index (χ2v) is 6.32. The Labute approximate surface area is 134 Å². The summed E-state index contributed by atoms with van der Waals surface area (Å²) in [6.07, 6.45) is 6.17. The summed E-state index contributed by atoms with van der Waals surface area (Å²) in [5.41, 5.74) is 0.818. The van der Waals surface area contributed by atoms with Gasteiger partial charge in [0.25, 0.3) is 0 Å². The van der Waals surface area contributed by atoms with Crippen LogP contribution in [0.2, 0.25) is 0 Å². The van der Waals surface area contributed by atoms with Crippen LogP contribution in [-0.4, -0.2) is 28.2 Å². The van der Waals surface area contributed by atoms with Crippen molar-refractivity contribution in [2.75, 3.05) is 11.9 Å². The largest absolute Gasteiger partial charge is 0.378 e. The molecular formula is C16H19N3O2S. The number of imidazole rings is 1. The van der Waals surface area contributed by atoms with Crippen LogP contribution in [0.4, 0.5) is 5.69 Å². The number of rotatable bonds is 5. The Morgan fingerprint density at radius 3 is 3.09 bits per heavy atom. The van der Waals surface area contributed by atoms with Crippen LogP contribution in [0.1, 0.15) is 19.3 Å². The lowest BCUT2D eigenvalue weighted by molar-refractivity contribution is -0.118. The van der Waals surface area contributed by atoms with Crippen LogP contribution >= 0.6 is 11.8 Å². The van der Waals surface area contributed by atoms with E-state index >= 15 is 0 Å². The lowest BCUT2D eigenvalue weighted by Gasteiger charge is -2.12. The van der Waals surface area contributed by atoms with Gasteiger partial charge in [-0.15, -0.1) is 0 Å². The van der Waals surface area contributed by atoms with Crippen LogP contribution in [-0.2, 0) is 16.6 Å². The number of aromatic nitrogens is 2. The molecule has 1 aromatic carbocycles. The summed E-state index contributed by atoms with van der Waals surface area (Å²) in [6.45, 7) is 0.767. The van der Waals surface area contributed by atoms with Gasteiger partial charge in [-0.05, 0) is 36.7 Å². The van der Waals surface area contributed by atoms with Gasteiger partial charge in [-0.3, -0.25) is 4.79 Å². The minimum Gasteiger partial charge on any atom is -0.378 e. The van der Waals surface area contributed by atoms with Gasteiger partial charge in [-0.1, -0.05) is 12.1 Å². The highest BCUT2D eigenvalue weighted by Gasteiger charge is 2.19. The minimum atomic E-state index is -0.000194. The summed E-state index contributed by atoms with van der Waals surface area (Å²) in [5.74, 6) is -0.000194. The molecular weight excluding hydrogens is 298 g/mol. The average molecular weight is 317 g/mol. The van der Waals surface area contributed by atoms with E-state index in [1.165, 1.54) is 11.8 Å². The van der Waals surface area contributed by atoms with E-state index in [-0.39, 0.29) is 12.0 Å². The van der Waals surface area contributed by atoms with E-state index in [1.54, 1.807) is 6.20 Å². The van der Waals surface area contributed by atoms with Crippen molar-refractivity contribution >= 4 is 23.4 Å². The number of nitrogens with zero attached hydrogens (tertiary/aromatic N) is 2. The number of ether oxygens (including phenoxy) is 1. The SMILES string of the molecule is Cn1ccnc1Sc1ccccc1NC(=O)C[C@H]1CCCO1. The Bertz CT molecular complexity index is 650. The Balaban J connectivity index is 1.68. The van der Waals surface area contributed by atoms with Crippen molar-refractivity contribution in [2.24, 2.45) is 7.05 Å². The smallest absolute Gasteiger partial charge is 0.227 e. The molecule has 2 aromatic rings. The molecule has 1 fully saturated rings. The van der Waals surface area contributed by atoms with Crippen LogP contribution < -0.4 is 5.32 Å². The molecule has 1 aliphatic rings. The van der Waals surface area contributed by atoms with E-state index in [2.05, 4.69) is 10.3 Å². The lowest BCUT2D eigenvalue weighted by Crippen LogP contribution is -2.19. The van der Waals surface area contributed by atoms with Gasteiger partial charge in [-0.2, -0.15) is 0 Å². The molecule has 1 saturated heterocycles. The molecule has 3 rings (SSSR count). The molecule has 0 saturated carbocycles. The fourth-order valence-electron chi connectivity index (χ4n) is 2.42. The summed E-state index contributed by atoms with van der Waals surface area (Å²) in [5, 5.41) is 3.88. The molecule has 2 heterocycles. The summed E-state index contributed by atoms with van der Waals surface area (Å²) >= 11 is 1.54. The lowest BCUT2D eigenvalue weighted by atomic mass is 10.2. The van der Waals surface area contributed by atoms with Crippen LogP contribution in [0.5, 0.6) is 0 Å². The highest BCUT2D eigenvalue weighted by molar-refractivity contribution is 7.99. The maximum atomic E-state index is 12.2. The van der Waals surface area contributed by atoms with Gasteiger partial charge in [-0.25, -0.2) is 4.98 Å². The Kier molecular flexibility index (Phi) is 4.80. The predicted molar refractivity (Wildman–Crippen MR) is 86.0 cm³/mol. The number of benzene rings is 1. The fraction of sp³-hybridized carbons (Fsp3) is 0.375. The van der Waals surface area contributed by atoms with E-state index in [0.717, 1.165) is 35.2 Å². The maximum Gasteiger partial charge on any atom is 0.227 e. The van der Waals surface area contributed by atoms with Crippen molar-refractivity contribution in [3.8, 4) is 0 Å². The fourth-order valence-corrected chi connectivity index (χ4v) is 3.31. The number of anilines is 1. The number of carbonyl (C=O) groups excluding carboxylic acids is 1. The zero-order valence-electron chi connectivity index (χ0n) is 12.5. The molecule has 1 atom stereocenters. The molecule has 0 radical (unpaired) electrons. The Morgan fingerprint density at radius 1 is 1.50 bits per heavy atom. The molecule has 1 aromatic heterocycles. The zero-order valence-corrected chi connectivity index (χ0v) is 13.3. The van der Waals surface area contributed by atoms with Crippen molar-refractivity contribution in [3.05, 3.63) is 36.7 Å². The van der Waals surface area contributed by atoms with Crippen molar-refractivity contribution in [3.63, 3.8) is 0 Å². The third-order valence-electron chi connectivity index (χ3n) is 3.58. The highest BCUT2D eigenvalue weighted by atomic mass is 32.2. The molecule has 6 heteroatoms. The van der Waals surface area contributed by atoms with Gasteiger partial charge >= 0.3 is 0 Å². The van der Waals surface area contributed by atoms with Crippen LogP contribution in [0.3, 0.4) is 0 Å². The Morgan fingerprint density at radius 2 is 2.36 bits per heavy atom. The van der Waals surface area contributed by atoms with Gasteiger partial charge < -0.3 is 14.6 Å². The summed E-state index contributed by atoms with van der Waals surface area (Å²) in [7, 11) is 1.95. The predicted octanol–water partition coefficient (Wildman–Crippen LogP) is 3.08. The third kappa shape index (κ3) is 3.69. The number of hydrogen-bond acceptors (Lipinski definition) is 4. The van der Waals surface area contributed by atoms with Gasteiger partial charge in [0.1, 0.15) is 0 Å². The van der Waals surface area contributed by atoms with Crippen molar-refractivity contribution in [1.82, 2.24) is 9.55 Å². The molecule has 0 aliphatic carbocycles. The second kappa shape index (κ2) is 6.98. The third-order valence-corrected chi connectivity index (χ3v) is 4.73. The molecule has 22 heavy (non-hydrogen) atoms. The van der Waals surface area contributed by atoms with E-state index in [9.17, 15) is 4.79 Å². The standard InChI is InChI=1S/C16H19N3O2S/c1-19-9-8-17-16(19)22-14-7-3-2-6-13(14)18-15(20)11-12-5-4-10-21-12/h2-3,6-9,12H,4-5,10-11H2,1H3,(H,18,20)/t12-/m1/s1. The van der Waals surface area contributed by atoms with E-state index in [1.807, 2.05) is 42.1 Å². The number of nitrogens with one attached hydrogen (secondary N) is 1. The van der Waals surface area contributed by atoms with E-state index in [0.29, 0.717) is 6.42 Å². The molecule has 0 unspecified atom stereocenters. The van der Waals surface area contributed by atoms with Crippen molar-refractivity contribution in [1.29, 1.82) is 0 Å². The first-order valence-electron chi connectivity index (χ1n) is 7.38. The minimum absolute atomic E-state index is 0.000194. The van der Waals surface area contributed by atoms with Crippen LogP contribution in [0.25, 0.3) is 0 Å². The maximum absolute atomic E-state index is 12.2. The molecule has 0 bridgehead atoms. The van der Waals surface area contributed by atoms with E-state index < -0.39 is 0 Å². The average Bonchev–Trinajstić information content (AvgIpc) is 3.14. The van der Waals surface area contributed by atoms with Gasteiger partial charge in [0.05, 0.1) is 18.2 Å². The summed E-state index contributed by atoms with van der Waals surface area (Å²) in [6, 6.07) is 7.78. The first-order valence-corrected chi connectivity index (χ1v) is 8.19. The normalized spacial score (nSPS) is 17.6. The first-order chi connectivity index (χ1) is 10.7. The Hall–Kier alpha value is -1.79. The molecule has 1 amide bonds.